The molecule has 2 N–H and O–H groups in total. The highest BCUT2D eigenvalue weighted by molar-refractivity contribution is 9.10. The highest BCUT2D eigenvalue weighted by atomic mass is 79.9. The number of nitrogens with one attached hydrogen (secondary N) is 1. The summed E-state index contributed by atoms with van der Waals surface area (Å²) in [5.41, 5.74) is 0.416. The van der Waals surface area contributed by atoms with Crippen LogP contribution in [0.4, 0.5) is 4.39 Å². The fraction of sp³-hybridized carbons (Fsp3) is 0.417. The molecule has 5 heteroatoms. The zero-order valence-electron chi connectivity index (χ0n) is 9.71. The first-order chi connectivity index (χ1) is 7.91. The van der Waals surface area contributed by atoms with E-state index < -0.39 is 17.8 Å². The molecule has 3 nitrogen and oxygen atoms in total. The highest BCUT2D eigenvalue weighted by Gasteiger charge is 2.20. The number of carbonyl (C=O) groups is 1. The van der Waals surface area contributed by atoms with Crippen LogP contribution in [0.15, 0.2) is 22.7 Å². The van der Waals surface area contributed by atoms with E-state index >= 15 is 0 Å². The van der Waals surface area contributed by atoms with Gasteiger partial charge in [-0.1, -0.05) is 19.9 Å². The van der Waals surface area contributed by atoms with Crippen molar-refractivity contribution in [1.29, 1.82) is 0 Å². The minimum Gasteiger partial charge on any atom is -0.480 e. The van der Waals surface area contributed by atoms with Crippen molar-refractivity contribution >= 4 is 21.9 Å². The number of halogens is 2. The van der Waals surface area contributed by atoms with Crippen LogP contribution >= 0.6 is 15.9 Å². The van der Waals surface area contributed by atoms with Crippen LogP contribution in [0.3, 0.4) is 0 Å². The summed E-state index contributed by atoms with van der Waals surface area (Å²) in [5, 5.41) is 12.0. The Hall–Kier alpha value is -0.940. The number of benzene rings is 1. The van der Waals surface area contributed by atoms with Gasteiger partial charge in [0, 0.05) is 0 Å². The van der Waals surface area contributed by atoms with Gasteiger partial charge in [-0.3, -0.25) is 4.79 Å². The Kier molecular flexibility index (Phi) is 5.08. The number of rotatable bonds is 5. The normalized spacial score (nSPS) is 12.8. The third-order valence-corrected chi connectivity index (χ3v) is 2.90. The quantitative estimate of drug-likeness (QED) is 0.879. The van der Waals surface area contributed by atoms with Gasteiger partial charge in [-0.2, -0.15) is 0 Å². The summed E-state index contributed by atoms with van der Waals surface area (Å²) in [5.74, 6) is -1.13. The van der Waals surface area contributed by atoms with Crippen molar-refractivity contribution in [2.45, 2.75) is 19.9 Å². The summed E-state index contributed by atoms with van der Waals surface area (Å²) in [6.45, 7) is 4.52. The fourth-order valence-electron chi connectivity index (χ4n) is 1.39. The molecule has 1 atom stereocenters. The van der Waals surface area contributed by atoms with E-state index in [9.17, 15) is 9.18 Å². The number of aliphatic carboxylic acids is 1. The molecular weight excluding hydrogens is 289 g/mol. The molecule has 17 heavy (non-hydrogen) atoms. The molecule has 0 amide bonds. The summed E-state index contributed by atoms with van der Waals surface area (Å²) in [6.07, 6.45) is 0. The van der Waals surface area contributed by atoms with Crippen molar-refractivity contribution in [3.63, 3.8) is 0 Å². The first-order valence-corrected chi connectivity index (χ1v) is 6.12. The van der Waals surface area contributed by atoms with E-state index in [1.54, 1.807) is 6.07 Å². The summed E-state index contributed by atoms with van der Waals surface area (Å²) < 4.78 is 13.7. The largest absolute Gasteiger partial charge is 0.480 e. The van der Waals surface area contributed by atoms with Gasteiger partial charge < -0.3 is 10.4 Å². The number of hydrogen-bond donors (Lipinski definition) is 2. The Balaban J connectivity index is 2.89. The first kappa shape index (κ1) is 14.1. The van der Waals surface area contributed by atoms with Crippen LogP contribution in [-0.2, 0) is 4.79 Å². The second-order valence-corrected chi connectivity index (χ2v) is 5.10. The zero-order valence-corrected chi connectivity index (χ0v) is 11.3. The SMILES string of the molecule is CC(C)CNC(C(=O)O)c1ccc(Br)c(F)c1. The smallest absolute Gasteiger partial charge is 0.325 e. The van der Waals surface area contributed by atoms with E-state index in [2.05, 4.69) is 21.2 Å². The molecule has 0 heterocycles. The average molecular weight is 304 g/mol. The van der Waals surface area contributed by atoms with E-state index in [1.807, 2.05) is 13.8 Å². The minimum absolute atomic E-state index is 0.328. The summed E-state index contributed by atoms with van der Waals surface area (Å²) >= 11 is 3.03. The van der Waals surface area contributed by atoms with Crippen LogP contribution in [0.1, 0.15) is 25.5 Å². The Morgan fingerprint density at radius 3 is 2.65 bits per heavy atom. The highest BCUT2D eigenvalue weighted by Crippen LogP contribution is 2.21. The maximum Gasteiger partial charge on any atom is 0.325 e. The summed E-state index contributed by atoms with van der Waals surface area (Å²) in [7, 11) is 0. The van der Waals surface area contributed by atoms with Crippen LogP contribution in [0.5, 0.6) is 0 Å². The lowest BCUT2D eigenvalue weighted by Gasteiger charge is -2.16. The summed E-state index contributed by atoms with van der Waals surface area (Å²) in [4.78, 5) is 11.1. The van der Waals surface area contributed by atoms with E-state index in [4.69, 9.17) is 5.11 Å². The third-order valence-electron chi connectivity index (χ3n) is 2.25. The lowest BCUT2D eigenvalue weighted by Crippen LogP contribution is -2.31. The summed E-state index contributed by atoms with van der Waals surface area (Å²) in [6, 6.07) is 3.47. The Labute approximate surface area is 108 Å². The molecular formula is C12H15BrFNO2. The number of hydrogen-bond acceptors (Lipinski definition) is 2. The molecule has 1 aromatic rings. The number of carboxylic acids is 1. The number of carboxylic acid groups (broad SMARTS) is 1. The molecule has 0 spiro atoms. The maximum absolute atomic E-state index is 13.3. The van der Waals surface area contributed by atoms with Crippen molar-refractivity contribution in [3.8, 4) is 0 Å². The Morgan fingerprint density at radius 2 is 2.18 bits per heavy atom. The van der Waals surface area contributed by atoms with Crippen LogP contribution in [0, 0.1) is 11.7 Å². The Bertz CT molecular complexity index is 409. The molecule has 1 unspecified atom stereocenters. The molecule has 0 aromatic heterocycles. The second-order valence-electron chi connectivity index (χ2n) is 4.25. The van der Waals surface area contributed by atoms with Crippen molar-refractivity contribution in [3.05, 3.63) is 34.1 Å². The first-order valence-electron chi connectivity index (χ1n) is 5.33. The molecule has 0 aliphatic heterocycles. The molecule has 0 saturated carbocycles. The standard InChI is InChI=1S/C12H15BrFNO2/c1-7(2)6-15-11(12(16)17)8-3-4-9(13)10(14)5-8/h3-5,7,11,15H,6H2,1-2H3,(H,16,17). The molecule has 0 aliphatic rings. The van der Waals surface area contributed by atoms with Gasteiger partial charge in [-0.15, -0.1) is 0 Å². The van der Waals surface area contributed by atoms with Crippen molar-refractivity contribution in [2.24, 2.45) is 5.92 Å². The van der Waals surface area contributed by atoms with Gasteiger partial charge in [0.05, 0.1) is 4.47 Å². The van der Waals surface area contributed by atoms with E-state index in [-0.39, 0.29) is 0 Å². The lowest BCUT2D eigenvalue weighted by atomic mass is 10.1. The molecule has 1 rings (SSSR count). The van der Waals surface area contributed by atoms with Crippen molar-refractivity contribution in [2.75, 3.05) is 6.54 Å². The molecule has 0 aliphatic carbocycles. The van der Waals surface area contributed by atoms with Crippen molar-refractivity contribution in [1.82, 2.24) is 5.32 Å². The van der Waals surface area contributed by atoms with Crippen LogP contribution in [0.2, 0.25) is 0 Å². The van der Waals surface area contributed by atoms with Gasteiger partial charge in [0.15, 0.2) is 0 Å². The van der Waals surface area contributed by atoms with Crippen LogP contribution in [0.25, 0.3) is 0 Å². The average Bonchev–Trinajstić information content (AvgIpc) is 2.22. The van der Waals surface area contributed by atoms with Crippen LogP contribution in [-0.4, -0.2) is 17.6 Å². The molecule has 0 radical (unpaired) electrons. The van der Waals surface area contributed by atoms with Crippen molar-refractivity contribution < 1.29 is 14.3 Å². The minimum atomic E-state index is -1.01. The van der Waals surface area contributed by atoms with Gasteiger partial charge in [-0.05, 0) is 46.1 Å². The molecule has 0 saturated heterocycles. The predicted molar refractivity (Wildman–Crippen MR) is 67.3 cm³/mol. The fourth-order valence-corrected chi connectivity index (χ4v) is 1.64. The lowest BCUT2D eigenvalue weighted by molar-refractivity contribution is -0.139. The van der Waals surface area contributed by atoms with Gasteiger partial charge in [0.1, 0.15) is 11.9 Å². The van der Waals surface area contributed by atoms with E-state index in [1.165, 1.54) is 12.1 Å². The van der Waals surface area contributed by atoms with Gasteiger partial charge in [0.2, 0.25) is 0 Å². The molecule has 94 valence electrons. The molecule has 0 fully saturated rings. The molecule has 1 aromatic carbocycles. The topological polar surface area (TPSA) is 49.3 Å². The molecule has 0 bridgehead atoms. The van der Waals surface area contributed by atoms with E-state index in [0.717, 1.165) is 0 Å². The van der Waals surface area contributed by atoms with Gasteiger partial charge >= 0.3 is 5.97 Å². The van der Waals surface area contributed by atoms with E-state index in [0.29, 0.717) is 22.5 Å². The van der Waals surface area contributed by atoms with Crippen LogP contribution < -0.4 is 5.32 Å². The monoisotopic (exact) mass is 303 g/mol. The second kappa shape index (κ2) is 6.12. The Morgan fingerprint density at radius 1 is 1.53 bits per heavy atom. The van der Waals surface area contributed by atoms with Gasteiger partial charge in [0.25, 0.3) is 0 Å². The zero-order chi connectivity index (χ0) is 13.0. The van der Waals surface area contributed by atoms with Gasteiger partial charge in [-0.25, -0.2) is 4.39 Å². The maximum atomic E-state index is 13.3. The third kappa shape index (κ3) is 4.09. The predicted octanol–water partition coefficient (Wildman–Crippen LogP) is 2.96.